The van der Waals surface area contributed by atoms with Gasteiger partial charge in [-0.1, -0.05) is 22.0 Å². The molecule has 0 aliphatic rings. The van der Waals surface area contributed by atoms with Crippen LogP contribution in [0.3, 0.4) is 0 Å². The quantitative estimate of drug-likeness (QED) is 0.646. The molecule has 0 radical (unpaired) electrons. The summed E-state index contributed by atoms with van der Waals surface area (Å²) in [4.78, 5) is 0. The van der Waals surface area contributed by atoms with Crippen molar-refractivity contribution in [3.63, 3.8) is 0 Å². The predicted octanol–water partition coefficient (Wildman–Crippen LogP) is 3.36. The highest BCUT2D eigenvalue weighted by Crippen LogP contribution is 2.21. The fourth-order valence-corrected chi connectivity index (χ4v) is 1.93. The number of alkyl halides is 1. The van der Waals surface area contributed by atoms with Gasteiger partial charge in [-0.2, -0.15) is 0 Å². The molecule has 0 unspecified atom stereocenters. The molecule has 2 heteroatoms. The van der Waals surface area contributed by atoms with E-state index in [1.54, 1.807) is 0 Å². The minimum Gasteiger partial charge on any atom is -0.303 e. The Hall–Kier alpha value is -0.340. The summed E-state index contributed by atoms with van der Waals surface area (Å²) in [5.74, 6) is 0. The van der Waals surface area contributed by atoms with Gasteiger partial charge < -0.3 is 5.32 Å². The first-order valence-electron chi connectivity index (χ1n) is 4.91. The molecule has 0 spiro atoms. The van der Waals surface area contributed by atoms with Crippen LogP contribution in [-0.2, 0) is 6.54 Å². The summed E-state index contributed by atoms with van der Waals surface area (Å²) < 4.78 is 0. The number of nitrogens with one attached hydrogen (secondary N) is 1. The maximum Gasteiger partial charge on any atom is 0.0519 e. The fourth-order valence-electron chi connectivity index (χ4n) is 1.74. The van der Waals surface area contributed by atoms with Gasteiger partial charge in [0, 0.05) is 6.54 Å². The van der Waals surface area contributed by atoms with Crippen molar-refractivity contribution in [1.29, 1.82) is 0 Å². The van der Waals surface area contributed by atoms with Crippen LogP contribution in [0.2, 0.25) is 0 Å². The molecule has 0 aromatic heterocycles. The first-order valence-corrected chi connectivity index (χ1v) is 6.03. The molecule has 1 aromatic rings. The molecule has 0 amide bonds. The minimum absolute atomic E-state index is 0.846. The Morgan fingerprint density at radius 3 is 2.00 bits per heavy atom. The zero-order valence-corrected chi connectivity index (χ0v) is 11.0. The Morgan fingerprint density at radius 1 is 1.07 bits per heavy atom. The summed E-state index contributed by atoms with van der Waals surface area (Å²) in [6.45, 7) is 9.71. The highest BCUT2D eigenvalue weighted by Gasteiger charge is 2.07. The molecule has 0 aliphatic carbocycles. The maximum atomic E-state index is 3.38. The van der Waals surface area contributed by atoms with Crippen LogP contribution in [0.4, 0.5) is 0 Å². The molecular formula is C12H18BrN. The Bertz CT molecular complexity index is 305. The van der Waals surface area contributed by atoms with Gasteiger partial charge in [0.1, 0.15) is 0 Å². The highest BCUT2D eigenvalue weighted by molar-refractivity contribution is 9.09. The first-order chi connectivity index (χ1) is 6.57. The third kappa shape index (κ3) is 2.37. The van der Waals surface area contributed by atoms with E-state index in [1.807, 2.05) is 0 Å². The Labute approximate surface area is 95.0 Å². The molecule has 0 heterocycles. The normalized spacial score (nSPS) is 10.6. The zero-order valence-electron chi connectivity index (χ0n) is 9.37. The second-order valence-electron chi connectivity index (χ2n) is 3.80. The van der Waals surface area contributed by atoms with E-state index in [4.69, 9.17) is 0 Å². The van der Waals surface area contributed by atoms with Crippen molar-refractivity contribution >= 4 is 15.9 Å². The molecule has 0 saturated heterocycles. The predicted molar refractivity (Wildman–Crippen MR) is 66.0 cm³/mol. The van der Waals surface area contributed by atoms with Crippen LogP contribution in [0.1, 0.15) is 27.8 Å². The third-order valence-corrected chi connectivity index (χ3v) is 3.31. The van der Waals surface area contributed by atoms with Crippen molar-refractivity contribution in [2.75, 3.05) is 5.45 Å². The van der Waals surface area contributed by atoms with Gasteiger partial charge in [-0.05, 0) is 55.5 Å². The van der Waals surface area contributed by atoms with Gasteiger partial charge in [0.2, 0.25) is 0 Å². The molecule has 1 rings (SSSR count). The highest BCUT2D eigenvalue weighted by atomic mass is 79.9. The lowest BCUT2D eigenvalue weighted by atomic mass is 9.94. The van der Waals surface area contributed by atoms with Gasteiger partial charge in [-0.3, -0.25) is 0 Å². The van der Waals surface area contributed by atoms with E-state index < -0.39 is 0 Å². The van der Waals surface area contributed by atoms with Gasteiger partial charge in [0.25, 0.3) is 0 Å². The Morgan fingerprint density at radius 2 is 1.57 bits per heavy atom. The minimum atomic E-state index is 0.846. The van der Waals surface area contributed by atoms with Crippen LogP contribution >= 0.6 is 15.9 Å². The molecular weight excluding hydrogens is 238 g/mol. The second kappa shape index (κ2) is 4.94. The van der Waals surface area contributed by atoms with E-state index in [9.17, 15) is 0 Å². The van der Waals surface area contributed by atoms with E-state index in [2.05, 4.69) is 55.0 Å². The number of hydrogen-bond donors (Lipinski definition) is 1. The van der Waals surface area contributed by atoms with Crippen molar-refractivity contribution in [2.45, 2.75) is 34.2 Å². The van der Waals surface area contributed by atoms with E-state index in [0.29, 0.717) is 0 Å². The molecule has 0 bridgehead atoms. The van der Waals surface area contributed by atoms with Crippen molar-refractivity contribution in [2.24, 2.45) is 0 Å². The van der Waals surface area contributed by atoms with Crippen LogP contribution in [0.15, 0.2) is 6.07 Å². The topological polar surface area (TPSA) is 12.0 Å². The van der Waals surface area contributed by atoms with E-state index in [1.165, 1.54) is 27.8 Å². The molecule has 14 heavy (non-hydrogen) atoms. The van der Waals surface area contributed by atoms with Crippen molar-refractivity contribution in [1.82, 2.24) is 5.32 Å². The van der Waals surface area contributed by atoms with Crippen LogP contribution in [-0.4, -0.2) is 5.45 Å². The summed E-state index contributed by atoms with van der Waals surface area (Å²) in [6.07, 6.45) is 0. The van der Waals surface area contributed by atoms with Crippen LogP contribution < -0.4 is 5.32 Å². The molecule has 1 aromatic carbocycles. The van der Waals surface area contributed by atoms with Crippen LogP contribution in [0.25, 0.3) is 0 Å². The lowest BCUT2D eigenvalue weighted by Crippen LogP contribution is -2.13. The maximum absolute atomic E-state index is 3.38. The SMILES string of the molecule is Cc1cc(C)c(C)c(CNCBr)c1C. The first kappa shape index (κ1) is 11.7. The third-order valence-electron chi connectivity index (χ3n) is 2.92. The van der Waals surface area contributed by atoms with Gasteiger partial charge in [-0.25, -0.2) is 0 Å². The number of rotatable bonds is 3. The van der Waals surface area contributed by atoms with Gasteiger partial charge in [-0.15, -0.1) is 0 Å². The van der Waals surface area contributed by atoms with E-state index in [0.717, 1.165) is 12.0 Å². The smallest absolute Gasteiger partial charge is 0.0519 e. The summed E-state index contributed by atoms with van der Waals surface area (Å²) in [5, 5.41) is 3.32. The summed E-state index contributed by atoms with van der Waals surface area (Å²) in [7, 11) is 0. The van der Waals surface area contributed by atoms with E-state index in [-0.39, 0.29) is 0 Å². The summed E-state index contributed by atoms with van der Waals surface area (Å²) in [5.41, 5.74) is 7.91. The number of aryl methyl sites for hydroxylation is 2. The molecule has 0 fully saturated rings. The van der Waals surface area contributed by atoms with Gasteiger partial charge >= 0.3 is 0 Å². The standard InChI is InChI=1S/C12H18BrN/c1-8-5-9(2)11(4)12(10(8)3)6-14-7-13/h5,14H,6-7H2,1-4H3. The van der Waals surface area contributed by atoms with Crippen molar-refractivity contribution in [3.8, 4) is 0 Å². The molecule has 0 atom stereocenters. The van der Waals surface area contributed by atoms with Crippen molar-refractivity contribution < 1.29 is 0 Å². The monoisotopic (exact) mass is 255 g/mol. The average Bonchev–Trinajstić information content (AvgIpc) is 2.15. The summed E-state index contributed by atoms with van der Waals surface area (Å²) >= 11 is 3.38. The van der Waals surface area contributed by atoms with Crippen LogP contribution in [0.5, 0.6) is 0 Å². The van der Waals surface area contributed by atoms with Crippen molar-refractivity contribution in [3.05, 3.63) is 33.9 Å². The van der Waals surface area contributed by atoms with Crippen LogP contribution in [0, 0.1) is 27.7 Å². The van der Waals surface area contributed by atoms with E-state index >= 15 is 0 Å². The molecule has 1 nitrogen and oxygen atoms in total. The van der Waals surface area contributed by atoms with Gasteiger partial charge in [0.05, 0.1) is 5.45 Å². The number of benzene rings is 1. The fraction of sp³-hybridized carbons (Fsp3) is 0.500. The number of halogens is 1. The second-order valence-corrected chi connectivity index (χ2v) is 4.36. The van der Waals surface area contributed by atoms with Gasteiger partial charge in [0.15, 0.2) is 0 Å². The molecule has 78 valence electrons. The molecule has 1 N–H and O–H groups in total. The lowest BCUT2D eigenvalue weighted by molar-refractivity contribution is 0.788. The average molecular weight is 256 g/mol. The molecule has 0 saturated carbocycles. The number of hydrogen-bond acceptors (Lipinski definition) is 1. The Balaban J connectivity index is 3.11. The largest absolute Gasteiger partial charge is 0.303 e. The zero-order chi connectivity index (χ0) is 10.7. The lowest BCUT2D eigenvalue weighted by Gasteiger charge is -2.15. The molecule has 0 aliphatic heterocycles. The summed E-state index contributed by atoms with van der Waals surface area (Å²) in [6, 6.07) is 2.27. The Kier molecular flexibility index (Phi) is 4.14.